The van der Waals surface area contributed by atoms with Gasteiger partial charge in [0.05, 0.1) is 0 Å². The van der Waals surface area contributed by atoms with Crippen LogP contribution in [0.3, 0.4) is 0 Å². The maximum absolute atomic E-state index is 5.86. The van der Waals surface area contributed by atoms with E-state index in [9.17, 15) is 0 Å². The number of benzene rings is 1. The van der Waals surface area contributed by atoms with Crippen molar-refractivity contribution in [1.82, 2.24) is 0 Å². The molecule has 1 nitrogen and oxygen atoms in total. The Morgan fingerprint density at radius 3 is 2.41 bits per heavy atom. The Hall–Kier alpha value is -1.76. The van der Waals surface area contributed by atoms with Crippen molar-refractivity contribution in [2.45, 2.75) is 46.5 Å². The van der Waals surface area contributed by atoms with E-state index in [-0.39, 0.29) is 10.8 Å². The highest BCUT2D eigenvalue weighted by Gasteiger charge is 2.31. The Kier molecular flexibility index (Phi) is 4.65. The molecule has 1 aliphatic rings. The van der Waals surface area contributed by atoms with Crippen LogP contribution in [0.1, 0.15) is 46.6 Å². The number of hydrogen-bond acceptors (Lipinski definition) is 1. The minimum atomic E-state index is -0.0647. The van der Waals surface area contributed by atoms with Gasteiger partial charge in [-0.25, -0.2) is 0 Å². The van der Waals surface area contributed by atoms with Gasteiger partial charge in [-0.05, 0) is 23.5 Å². The molecular formula is C21H28O. The molecule has 0 fully saturated rings. The molecule has 0 radical (unpaired) electrons. The minimum absolute atomic E-state index is 0.0647. The molecule has 0 N–H and O–H groups in total. The highest BCUT2D eigenvalue weighted by atomic mass is 16.5. The lowest BCUT2D eigenvalue weighted by Crippen LogP contribution is -2.20. The highest BCUT2D eigenvalue weighted by Crippen LogP contribution is 2.43. The number of hydrogen-bond donors (Lipinski definition) is 0. The van der Waals surface area contributed by atoms with Crippen LogP contribution in [0.25, 0.3) is 0 Å². The zero-order chi connectivity index (χ0) is 16.4. The summed E-state index contributed by atoms with van der Waals surface area (Å²) in [7, 11) is 0. The molecule has 0 bridgehead atoms. The van der Waals surface area contributed by atoms with E-state index in [0.717, 1.165) is 12.2 Å². The highest BCUT2D eigenvalue weighted by molar-refractivity contribution is 5.51. The predicted octanol–water partition coefficient (Wildman–Crippen LogP) is 5.83. The first kappa shape index (κ1) is 16.6. The van der Waals surface area contributed by atoms with Crippen LogP contribution in [0.15, 0.2) is 60.2 Å². The van der Waals surface area contributed by atoms with Crippen molar-refractivity contribution in [1.29, 1.82) is 0 Å². The second-order valence-corrected chi connectivity index (χ2v) is 7.50. The van der Waals surface area contributed by atoms with Crippen LogP contribution in [-0.4, -0.2) is 6.61 Å². The third kappa shape index (κ3) is 3.35. The van der Waals surface area contributed by atoms with Crippen LogP contribution in [0.2, 0.25) is 0 Å². The molecule has 1 aromatic carbocycles. The Morgan fingerprint density at radius 1 is 1.14 bits per heavy atom. The van der Waals surface area contributed by atoms with Gasteiger partial charge in [-0.15, -0.1) is 0 Å². The summed E-state index contributed by atoms with van der Waals surface area (Å²) in [5, 5.41) is 0. The summed E-state index contributed by atoms with van der Waals surface area (Å²) in [6.45, 7) is 15.7. The van der Waals surface area contributed by atoms with Gasteiger partial charge in [0, 0.05) is 11.0 Å². The summed E-state index contributed by atoms with van der Waals surface area (Å²) >= 11 is 0. The first-order valence-corrected chi connectivity index (χ1v) is 8.01. The van der Waals surface area contributed by atoms with Crippen LogP contribution in [0, 0.1) is 5.41 Å². The topological polar surface area (TPSA) is 9.23 Å². The second-order valence-electron chi connectivity index (χ2n) is 7.50. The van der Waals surface area contributed by atoms with Gasteiger partial charge >= 0.3 is 0 Å². The maximum atomic E-state index is 5.86. The molecule has 0 amide bonds. The molecule has 0 aromatic heterocycles. The van der Waals surface area contributed by atoms with E-state index >= 15 is 0 Å². The lowest BCUT2D eigenvalue weighted by atomic mass is 9.77. The molecular weight excluding hydrogens is 268 g/mol. The third-order valence-corrected chi connectivity index (χ3v) is 4.47. The van der Waals surface area contributed by atoms with Crippen LogP contribution < -0.4 is 4.74 Å². The van der Waals surface area contributed by atoms with Gasteiger partial charge in [-0.3, -0.25) is 0 Å². The molecule has 0 unspecified atom stereocenters. The van der Waals surface area contributed by atoms with Crippen LogP contribution in [0.4, 0.5) is 0 Å². The fourth-order valence-corrected chi connectivity index (χ4v) is 2.90. The molecule has 0 saturated heterocycles. The van der Waals surface area contributed by atoms with Crippen molar-refractivity contribution in [2.24, 2.45) is 5.41 Å². The Labute approximate surface area is 135 Å². The van der Waals surface area contributed by atoms with E-state index in [1.54, 1.807) is 6.08 Å². The Bertz CT molecular complexity index is 609. The van der Waals surface area contributed by atoms with Crippen molar-refractivity contribution in [3.8, 4) is 5.75 Å². The average molecular weight is 296 g/mol. The monoisotopic (exact) mass is 296 g/mol. The quantitative estimate of drug-likeness (QED) is 0.621. The maximum Gasteiger partial charge on any atom is 0.123 e. The predicted molar refractivity (Wildman–Crippen MR) is 95.4 cm³/mol. The third-order valence-electron chi connectivity index (χ3n) is 4.47. The van der Waals surface area contributed by atoms with Crippen molar-refractivity contribution in [3.05, 3.63) is 65.8 Å². The summed E-state index contributed by atoms with van der Waals surface area (Å²) < 4.78 is 5.86. The summed E-state index contributed by atoms with van der Waals surface area (Å²) in [5.74, 6) is 0.950. The van der Waals surface area contributed by atoms with E-state index in [2.05, 4.69) is 65.5 Å². The van der Waals surface area contributed by atoms with Crippen LogP contribution in [0.5, 0.6) is 5.75 Å². The molecule has 22 heavy (non-hydrogen) atoms. The molecule has 0 atom stereocenters. The SMILES string of the molecule is C=CCOc1ccccc1C(C)(C)C1=CCC(C(C)(C)C)=C1. The van der Waals surface area contributed by atoms with Crippen molar-refractivity contribution in [3.63, 3.8) is 0 Å². The normalized spacial score (nSPS) is 15.3. The molecule has 118 valence electrons. The summed E-state index contributed by atoms with van der Waals surface area (Å²) in [5.41, 5.74) is 4.28. The number of allylic oxidation sites excluding steroid dienone is 4. The largest absolute Gasteiger partial charge is 0.489 e. The molecule has 0 heterocycles. The molecule has 1 aliphatic carbocycles. The Balaban J connectivity index is 2.36. The number of rotatable bonds is 5. The molecule has 1 aromatic rings. The molecule has 0 spiro atoms. The lowest BCUT2D eigenvalue weighted by molar-refractivity contribution is 0.353. The Morgan fingerprint density at radius 2 is 1.82 bits per heavy atom. The number of para-hydroxylation sites is 1. The van der Waals surface area contributed by atoms with Gasteiger partial charge in [0.15, 0.2) is 0 Å². The van der Waals surface area contributed by atoms with E-state index in [1.807, 2.05) is 12.1 Å². The fraction of sp³-hybridized carbons (Fsp3) is 0.429. The first-order valence-electron chi connectivity index (χ1n) is 8.01. The molecule has 0 aliphatic heterocycles. The average Bonchev–Trinajstić information content (AvgIpc) is 2.96. The summed E-state index contributed by atoms with van der Waals surface area (Å²) in [4.78, 5) is 0. The van der Waals surface area contributed by atoms with E-state index in [4.69, 9.17) is 4.74 Å². The molecule has 2 rings (SSSR count). The fourth-order valence-electron chi connectivity index (χ4n) is 2.90. The lowest BCUT2D eigenvalue weighted by Gasteiger charge is -2.28. The molecule has 0 saturated carbocycles. The second kappa shape index (κ2) is 6.16. The minimum Gasteiger partial charge on any atom is -0.489 e. The van der Waals surface area contributed by atoms with E-state index in [0.29, 0.717) is 6.61 Å². The van der Waals surface area contributed by atoms with Gasteiger partial charge in [-0.1, -0.05) is 83.2 Å². The van der Waals surface area contributed by atoms with Gasteiger partial charge in [-0.2, -0.15) is 0 Å². The van der Waals surface area contributed by atoms with Gasteiger partial charge in [0.2, 0.25) is 0 Å². The van der Waals surface area contributed by atoms with Crippen molar-refractivity contribution in [2.75, 3.05) is 6.61 Å². The first-order chi connectivity index (χ1) is 10.3. The van der Waals surface area contributed by atoms with Crippen LogP contribution in [-0.2, 0) is 5.41 Å². The van der Waals surface area contributed by atoms with E-state index in [1.165, 1.54) is 16.7 Å². The van der Waals surface area contributed by atoms with Gasteiger partial charge in [0.25, 0.3) is 0 Å². The number of ether oxygens (including phenoxy) is 1. The smallest absolute Gasteiger partial charge is 0.123 e. The van der Waals surface area contributed by atoms with Gasteiger partial charge in [0.1, 0.15) is 12.4 Å². The zero-order valence-electron chi connectivity index (χ0n) is 14.6. The summed E-state index contributed by atoms with van der Waals surface area (Å²) in [6, 6.07) is 8.33. The molecule has 1 heteroatoms. The van der Waals surface area contributed by atoms with E-state index < -0.39 is 0 Å². The standard InChI is InChI=1S/C21H28O/c1-7-14-22-19-11-9-8-10-18(19)21(5,6)17-13-12-16(15-17)20(2,3)4/h7-11,13,15H,1,12,14H2,2-6H3. The summed E-state index contributed by atoms with van der Waals surface area (Å²) in [6.07, 6.45) is 7.59. The van der Waals surface area contributed by atoms with Crippen LogP contribution >= 0.6 is 0 Å². The van der Waals surface area contributed by atoms with Gasteiger partial charge < -0.3 is 4.74 Å². The van der Waals surface area contributed by atoms with Crippen molar-refractivity contribution < 1.29 is 4.74 Å². The van der Waals surface area contributed by atoms with Crippen molar-refractivity contribution >= 4 is 0 Å². The zero-order valence-corrected chi connectivity index (χ0v) is 14.6.